The highest BCUT2D eigenvalue weighted by Crippen LogP contribution is 2.29. The second-order valence-corrected chi connectivity index (χ2v) is 5.41. The van der Waals surface area contributed by atoms with E-state index in [4.69, 9.17) is 22.4 Å². The maximum atomic E-state index is 6.28. The summed E-state index contributed by atoms with van der Waals surface area (Å²) in [5, 5.41) is 1.82. The summed E-state index contributed by atoms with van der Waals surface area (Å²) in [6.45, 7) is 2.08. The number of aryl methyl sites for hydroxylation is 1. The molecule has 3 nitrogen and oxygen atoms in total. The molecule has 0 saturated carbocycles. The Hall–Kier alpha value is -1.94. The summed E-state index contributed by atoms with van der Waals surface area (Å²) in [5.41, 5.74) is 6.73. The lowest BCUT2D eigenvalue weighted by atomic mass is 10.0. The molecular weight excluding hydrogens is 282 g/mol. The summed E-state index contributed by atoms with van der Waals surface area (Å²) < 4.78 is 0. The minimum Gasteiger partial charge on any atom is -0.271 e. The van der Waals surface area contributed by atoms with Gasteiger partial charge in [0.15, 0.2) is 0 Å². The van der Waals surface area contributed by atoms with Crippen molar-refractivity contribution in [3.63, 3.8) is 0 Å². The highest BCUT2D eigenvalue weighted by Gasteiger charge is 2.17. The van der Waals surface area contributed by atoms with Gasteiger partial charge in [-0.15, -0.1) is 0 Å². The Morgan fingerprint density at radius 2 is 1.81 bits per heavy atom. The number of nitrogens with one attached hydrogen (secondary N) is 1. The van der Waals surface area contributed by atoms with Crippen molar-refractivity contribution in [1.29, 1.82) is 0 Å². The predicted octanol–water partition coefficient (Wildman–Crippen LogP) is 3.75. The van der Waals surface area contributed by atoms with Gasteiger partial charge in [-0.3, -0.25) is 10.8 Å². The number of aromatic nitrogens is 1. The molecule has 3 N–H and O–H groups in total. The van der Waals surface area contributed by atoms with Gasteiger partial charge < -0.3 is 0 Å². The molecule has 1 aromatic heterocycles. The quantitative estimate of drug-likeness (QED) is 0.572. The number of fused-ring (bicyclic) bond motifs is 1. The smallest absolute Gasteiger partial charge is 0.0896 e. The van der Waals surface area contributed by atoms with Gasteiger partial charge in [-0.25, -0.2) is 5.43 Å². The van der Waals surface area contributed by atoms with E-state index in [0.29, 0.717) is 5.02 Å². The Kier molecular flexibility index (Phi) is 3.88. The molecule has 0 fully saturated rings. The highest BCUT2D eigenvalue weighted by atomic mass is 35.5. The number of para-hydroxylation sites is 1. The number of halogens is 1. The monoisotopic (exact) mass is 297 g/mol. The van der Waals surface area contributed by atoms with Crippen LogP contribution in [0.5, 0.6) is 0 Å². The van der Waals surface area contributed by atoms with Gasteiger partial charge in [0.05, 0.1) is 17.3 Å². The minimum absolute atomic E-state index is 0.234. The van der Waals surface area contributed by atoms with Crippen molar-refractivity contribution in [2.75, 3.05) is 0 Å². The van der Waals surface area contributed by atoms with Gasteiger partial charge in [-0.1, -0.05) is 48.0 Å². The molecule has 0 aliphatic rings. The molecule has 3 rings (SSSR count). The van der Waals surface area contributed by atoms with E-state index in [1.807, 2.05) is 42.5 Å². The average Bonchev–Trinajstić information content (AvgIpc) is 2.50. The summed E-state index contributed by atoms with van der Waals surface area (Å²) in [6, 6.07) is 17.6. The third-order valence-corrected chi connectivity index (χ3v) is 3.97. The third-order valence-electron chi connectivity index (χ3n) is 3.62. The predicted molar refractivity (Wildman–Crippen MR) is 87.1 cm³/mol. The summed E-state index contributed by atoms with van der Waals surface area (Å²) in [4.78, 5) is 4.72. The number of pyridine rings is 1. The van der Waals surface area contributed by atoms with Crippen LogP contribution < -0.4 is 11.3 Å². The molecule has 0 radical (unpaired) electrons. The minimum atomic E-state index is -0.234. The molecule has 0 spiro atoms. The van der Waals surface area contributed by atoms with Gasteiger partial charge in [-0.05, 0) is 36.2 Å². The van der Waals surface area contributed by atoms with Crippen LogP contribution in [0, 0.1) is 6.92 Å². The number of benzene rings is 2. The zero-order chi connectivity index (χ0) is 14.8. The zero-order valence-corrected chi connectivity index (χ0v) is 12.4. The Morgan fingerprint density at radius 3 is 2.57 bits per heavy atom. The Morgan fingerprint density at radius 1 is 1.10 bits per heavy atom. The molecule has 21 heavy (non-hydrogen) atoms. The lowest BCUT2D eigenvalue weighted by molar-refractivity contribution is 0.622. The molecule has 0 aliphatic carbocycles. The van der Waals surface area contributed by atoms with E-state index in [-0.39, 0.29) is 6.04 Å². The van der Waals surface area contributed by atoms with E-state index in [2.05, 4.69) is 24.5 Å². The van der Waals surface area contributed by atoms with Crippen LogP contribution in [0.3, 0.4) is 0 Å². The van der Waals surface area contributed by atoms with Crippen LogP contribution in [0.2, 0.25) is 5.02 Å². The van der Waals surface area contributed by atoms with Gasteiger partial charge in [-0.2, -0.15) is 0 Å². The maximum Gasteiger partial charge on any atom is 0.0896 e. The van der Waals surface area contributed by atoms with Crippen molar-refractivity contribution < 1.29 is 0 Å². The molecule has 0 saturated heterocycles. The molecule has 3 aromatic rings. The second-order valence-electron chi connectivity index (χ2n) is 5.00. The molecule has 4 heteroatoms. The molecule has 1 atom stereocenters. The van der Waals surface area contributed by atoms with Crippen LogP contribution in [0.4, 0.5) is 0 Å². The molecule has 1 heterocycles. The largest absolute Gasteiger partial charge is 0.271 e. The summed E-state index contributed by atoms with van der Waals surface area (Å²) in [7, 11) is 0. The van der Waals surface area contributed by atoms with E-state index in [0.717, 1.165) is 22.2 Å². The number of nitrogens with two attached hydrogens (primary N) is 1. The van der Waals surface area contributed by atoms with Crippen molar-refractivity contribution in [2.45, 2.75) is 13.0 Å². The molecule has 1 unspecified atom stereocenters. The molecular formula is C17H16ClN3. The summed E-state index contributed by atoms with van der Waals surface area (Å²) >= 11 is 6.28. The van der Waals surface area contributed by atoms with Crippen molar-refractivity contribution in [3.05, 3.63) is 76.4 Å². The van der Waals surface area contributed by atoms with Crippen molar-refractivity contribution in [1.82, 2.24) is 10.4 Å². The normalized spacial score (nSPS) is 12.5. The Labute approximate surface area is 128 Å². The Balaban J connectivity index is 2.16. The first-order chi connectivity index (χ1) is 10.2. The SMILES string of the molecule is Cc1cc(C(NN)c2ccccc2Cl)nc2ccccc12. The van der Waals surface area contributed by atoms with Gasteiger partial charge in [0.1, 0.15) is 0 Å². The summed E-state index contributed by atoms with van der Waals surface area (Å²) in [6.07, 6.45) is 0. The average molecular weight is 298 g/mol. The molecule has 0 bridgehead atoms. The standard InChI is InChI=1S/C17H16ClN3/c1-11-10-16(20-15-9-5-3-6-12(11)15)17(21-19)13-7-2-4-8-14(13)18/h2-10,17,21H,19H2,1H3. The fraction of sp³-hybridized carbons (Fsp3) is 0.118. The lowest BCUT2D eigenvalue weighted by Crippen LogP contribution is -2.29. The van der Waals surface area contributed by atoms with Crippen LogP contribution >= 0.6 is 11.6 Å². The number of nitrogens with zero attached hydrogens (tertiary/aromatic N) is 1. The van der Waals surface area contributed by atoms with E-state index in [1.54, 1.807) is 0 Å². The van der Waals surface area contributed by atoms with Crippen molar-refractivity contribution >= 4 is 22.5 Å². The fourth-order valence-corrected chi connectivity index (χ4v) is 2.81. The van der Waals surface area contributed by atoms with E-state index in [9.17, 15) is 0 Å². The van der Waals surface area contributed by atoms with E-state index in [1.165, 1.54) is 5.56 Å². The Bertz CT molecular complexity index is 786. The number of hydrazine groups is 1. The molecule has 0 aliphatic heterocycles. The van der Waals surface area contributed by atoms with Gasteiger partial charge in [0, 0.05) is 10.4 Å². The fourth-order valence-electron chi connectivity index (χ4n) is 2.57. The molecule has 106 valence electrons. The molecule has 0 amide bonds. The number of hydrogen-bond acceptors (Lipinski definition) is 3. The van der Waals surface area contributed by atoms with E-state index >= 15 is 0 Å². The van der Waals surface area contributed by atoms with Gasteiger partial charge >= 0.3 is 0 Å². The van der Waals surface area contributed by atoms with Gasteiger partial charge in [0.25, 0.3) is 0 Å². The molecule has 2 aromatic carbocycles. The van der Waals surface area contributed by atoms with Crippen molar-refractivity contribution in [3.8, 4) is 0 Å². The topological polar surface area (TPSA) is 50.9 Å². The number of rotatable bonds is 3. The first kappa shape index (κ1) is 14.0. The summed E-state index contributed by atoms with van der Waals surface area (Å²) in [5.74, 6) is 5.75. The third kappa shape index (κ3) is 2.63. The zero-order valence-electron chi connectivity index (χ0n) is 11.7. The van der Waals surface area contributed by atoms with Gasteiger partial charge in [0.2, 0.25) is 0 Å². The first-order valence-electron chi connectivity index (χ1n) is 6.77. The number of hydrogen-bond donors (Lipinski definition) is 2. The van der Waals surface area contributed by atoms with Crippen LogP contribution in [-0.2, 0) is 0 Å². The van der Waals surface area contributed by atoms with E-state index < -0.39 is 0 Å². The highest BCUT2D eigenvalue weighted by molar-refractivity contribution is 6.31. The second kappa shape index (κ2) is 5.82. The van der Waals surface area contributed by atoms with Crippen LogP contribution in [0.15, 0.2) is 54.6 Å². The maximum absolute atomic E-state index is 6.28. The lowest BCUT2D eigenvalue weighted by Gasteiger charge is -2.18. The van der Waals surface area contributed by atoms with Crippen molar-refractivity contribution in [2.24, 2.45) is 5.84 Å². The van der Waals surface area contributed by atoms with Crippen LogP contribution in [-0.4, -0.2) is 4.98 Å². The van der Waals surface area contributed by atoms with Crippen LogP contribution in [0.25, 0.3) is 10.9 Å². The van der Waals surface area contributed by atoms with Crippen LogP contribution in [0.1, 0.15) is 22.9 Å². The first-order valence-corrected chi connectivity index (χ1v) is 7.15.